The van der Waals surface area contributed by atoms with Gasteiger partial charge in [0, 0.05) is 19.1 Å². The number of carbonyl (C=O) groups is 1. The molecule has 1 N–H and O–H groups in total. The number of aliphatic imine (C=N–C) groups is 1. The van der Waals surface area contributed by atoms with Gasteiger partial charge < -0.3 is 10.1 Å². The highest BCUT2D eigenvalue weighted by Gasteiger charge is 2.38. The molecule has 4 nitrogen and oxygen atoms in total. The number of nitrogens with one attached hydrogen (secondary N) is 1. The fraction of sp³-hybridized carbons (Fsp3) is 0.875. The van der Waals surface area contributed by atoms with E-state index in [0.717, 1.165) is 37.3 Å². The first-order valence-electron chi connectivity index (χ1n) is 8.42. The molecule has 0 bridgehead atoms. The van der Waals surface area contributed by atoms with Crippen molar-refractivity contribution < 1.29 is 9.53 Å². The zero-order chi connectivity index (χ0) is 15.1. The minimum absolute atomic E-state index is 0.0209. The molecule has 3 aliphatic rings. The van der Waals surface area contributed by atoms with Crippen LogP contribution in [0, 0.1) is 11.8 Å². The molecule has 5 heteroatoms. The maximum Gasteiger partial charge on any atom is 0.239 e. The van der Waals surface area contributed by atoms with E-state index in [0.29, 0.717) is 5.92 Å². The van der Waals surface area contributed by atoms with Gasteiger partial charge in [0.15, 0.2) is 5.17 Å². The summed E-state index contributed by atoms with van der Waals surface area (Å²) in [5, 5.41) is 3.80. The Balaban J connectivity index is 0.000000774. The molecule has 2 saturated heterocycles. The van der Waals surface area contributed by atoms with Gasteiger partial charge in [-0.2, -0.15) is 0 Å². The van der Waals surface area contributed by atoms with Crippen LogP contribution in [0.4, 0.5) is 0 Å². The van der Waals surface area contributed by atoms with Crippen LogP contribution in [0.1, 0.15) is 52.4 Å². The summed E-state index contributed by atoms with van der Waals surface area (Å²) in [6.07, 6.45) is 7.67. The molecule has 2 atom stereocenters. The minimum Gasteiger partial charge on any atom is -0.381 e. The Labute approximate surface area is 132 Å². The molecule has 1 saturated carbocycles. The molecule has 2 heterocycles. The Kier molecular flexibility index (Phi) is 7.04. The lowest BCUT2D eigenvalue weighted by Crippen LogP contribution is -2.30. The van der Waals surface area contributed by atoms with Crippen molar-refractivity contribution in [3.63, 3.8) is 0 Å². The third-order valence-electron chi connectivity index (χ3n) is 4.34. The first-order chi connectivity index (χ1) is 10.3. The highest BCUT2D eigenvalue weighted by atomic mass is 32.2. The van der Waals surface area contributed by atoms with Crippen LogP contribution in [0.3, 0.4) is 0 Å². The van der Waals surface area contributed by atoms with Crippen molar-refractivity contribution in [3.8, 4) is 0 Å². The maximum atomic E-state index is 12.0. The zero-order valence-electron chi connectivity index (χ0n) is 13.3. The number of carbonyl (C=O) groups excluding carboxylic acids is 1. The Morgan fingerprint density at radius 2 is 2.00 bits per heavy atom. The SMILES string of the molecule is CC.O=C1NC(=NCC2CCCCC2)SC1C1CCOC1. The quantitative estimate of drug-likeness (QED) is 0.870. The number of hydrogen-bond donors (Lipinski definition) is 1. The van der Waals surface area contributed by atoms with Gasteiger partial charge in [-0.05, 0) is 25.2 Å². The largest absolute Gasteiger partial charge is 0.381 e. The molecule has 1 amide bonds. The van der Waals surface area contributed by atoms with Crippen LogP contribution >= 0.6 is 11.8 Å². The molecule has 1 aliphatic carbocycles. The van der Waals surface area contributed by atoms with Gasteiger partial charge in [-0.1, -0.05) is 44.9 Å². The molecule has 120 valence electrons. The topological polar surface area (TPSA) is 50.7 Å². The van der Waals surface area contributed by atoms with Crippen LogP contribution in [0.2, 0.25) is 0 Å². The van der Waals surface area contributed by atoms with Crippen LogP contribution in [-0.2, 0) is 9.53 Å². The number of amides is 1. The third-order valence-corrected chi connectivity index (χ3v) is 5.65. The maximum absolute atomic E-state index is 12.0. The van der Waals surface area contributed by atoms with Crippen LogP contribution in [0.15, 0.2) is 4.99 Å². The van der Waals surface area contributed by atoms with Gasteiger partial charge in [-0.25, -0.2) is 0 Å². The van der Waals surface area contributed by atoms with Gasteiger partial charge in [0.1, 0.15) is 0 Å². The summed E-state index contributed by atoms with van der Waals surface area (Å²) >= 11 is 1.61. The fourth-order valence-corrected chi connectivity index (χ4v) is 4.26. The molecule has 0 aromatic heterocycles. The summed E-state index contributed by atoms with van der Waals surface area (Å²) in [6.45, 7) is 6.40. The molecule has 0 aromatic carbocycles. The summed E-state index contributed by atoms with van der Waals surface area (Å²) in [7, 11) is 0. The van der Waals surface area contributed by atoms with Crippen molar-refractivity contribution in [1.29, 1.82) is 0 Å². The number of rotatable bonds is 3. The molecule has 0 radical (unpaired) electrons. The first-order valence-corrected chi connectivity index (χ1v) is 9.30. The molecule has 2 unspecified atom stereocenters. The monoisotopic (exact) mass is 312 g/mol. The molecular weight excluding hydrogens is 284 g/mol. The van der Waals surface area contributed by atoms with E-state index in [4.69, 9.17) is 4.74 Å². The van der Waals surface area contributed by atoms with Crippen molar-refractivity contribution in [2.45, 2.75) is 57.6 Å². The van der Waals surface area contributed by atoms with Crippen molar-refractivity contribution in [1.82, 2.24) is 5.32 Å². The van der Waals surface area contributed by atoms with Crippen LogP contribution < -0.4 is 5.32 Å². The van der Waals surface area contributed by atoms with Gasteiger partial charge >= 0.3 is 0 Å². The number of nitrogens with zero attached hydrogens (tertiary/aromatic N) is 1. The van der Waals surface area contributed by atoms with E-state index in [1.54, 1.807) is 11.8 Å². The Hall–Kier alpha value is -0.550. The summed E-state index contributed by atoms with van der Waals surface area (Å²) in [6, 6.07) is 0. The van der Waals surface area contributed by atoms with E-state index in [1.807, 2.05) is 13.8 Å². The molecule has 3 fully saturated rings. The third kappa shape index (κ3) is 4.71. The fourth-order valence-electron chi connectivity index (χ4n) is 3.14. The number of hydrogen-bond acceptors (Lipinski definition) is 4. The Morgan fingerprint density at radius 1 is 1.24 bits per heavy atom. The Bertz CT molecular complexity index is 361. The average Bonchev–Trinajstić information content (AvgIpc) is 3.17. The Morgan fingerprint density at radius 3 is 2.67 bits per heavy atom. The van der Waals surface area contributed by atoms with Crippen LogP contribution in [0.5, 0.6) is 0 Å². The average molecular weight is 312 g/mol. The van der Waals surface area contributed by atoms with E-state index in [9.17, 15) is 4.79 Å². The highest BCUT2D eigenvalue weighted by molar-refractivity contribution is 8.15. The molecule has 3 rings (SSSR count). The second-order valence-electron chi connectivity index (χ2n) is 5.80. The van der Waals surface area contributed by atoms with Gasteiger partial charge in [0.05, 0.1) is 11.9 Å². The van der Waals surface area contributed by atoms with Crippen molar-refractivity contribution in [2.75, 3.05) is 19.8 Å². The zero-order valence-corrected chi connectivity index (χ0v) is 14.1. The van der Waals surface area contributed by atoms with Crippen molar-refractivity contribution >= 4 is 22.8 Å². The van der Waals surface area contributed by atoms with Crippen LogP contribution in [-0.4, -0.2) is 36.1 Å². The second-order valence-corrected chi connectivity index (χ2v) is 6.93. The summed E-state index contributed by atoms with van der Waals surface area (Å²) in [5.41, 5.74) is 0. The molecular formula is C16H28N2O2S. The summed E-state index contributed by atoms with van der Waals surface area (Å²) < 4.78 is 5.38. The first kappa shape index (κ1) is 16.8. The summed E-state index contributed by atoms with van der Waals surface area (Å²) in [4.78, 5) is 16.6. The van der Waals surface area contributed by atoms with Gasteiger partial charge in [-0.3, -0.25) is 9.79 Å². The van der Waals surface area contributed by atoms with Gasteiger partial charge in [-0.15, -0.1) is 0 Å². The predicted molar refractivity (Wildman–Crippen MR) is 88.7 cm³/mol. The lowest BCUT2D eigenvalue weighted by molar-refractivity contribution is -0.119. The van der Waals surface area contributed by atoms with E-state index >= 15 is 0 Å². The lowest BCUT2D eigenvalue weighted by Gasteiger charge is -2.19. The van der Waals surface area contributed by atoms with E-state index in [-0.39, 0.29) is 11.2 Å². The van der Waals surface area contributed by atoms with Crippen LogP contribution in [0.25, 0.3) is 0 Å². The van der Waals surface area contributed by atoms with E-state index in [1.165, 1.54) is 32.1 Å². The van der Waals surface area contributed by atoms with Gasteiger partial charge in [0.25, 0.3) is 0 Å². The molecule has 2 aliphatic heterocycles. The minimum atomic E-state index is 0.0209. The van der Waals surface area contributed by atoms with E-state index < -0.39 is 0 Å². The normalized spacial score (nSPS) is 31.9. The predicted octanol–water partition coefficient (Wildman–Crippen LogP) is 3.22. The second kappa shape index (κ2) is 8.79. The molecule has 0 aromatic rings. The lowest BCUT2D eigenvalue weighted by atomic mass is 9.89. The summed E-state index contributed by atoms with van der Waals surface area (Å²) in [5.74, 6) is 1.22. The smallest absolute Gasteiger partial charge is 0.239 e. The molecule has 0 spiro atoms. The number of thioether (sulfide) groups is 1. The standard InChI is InChI=1S/C14H22N2O2S.C2H6/c17-13-12(11-6-7-18-9-11)19-14(16-13)15-8-10-4-2-1-3-5-10;1-2/h10-12H,1-9H2,(H,15,16,17);1-2H3. The van der Waals surface area contributed by atoms with Gasteiger partial charge in [0.2, 0.25) is 5.91 Å². The number of amidine groups is 1. The van der Waals surface area contributed by atoms with E-state index in [2.05, 4.69) is 10.3 Å². The van der Waals surface area contributed by atoms with Crippen molar-refractivity contribution in [2.24, 2.45) is 16.8 Å². The van der Waals surface area contributed by atoms with Crippen molar-refractivity contribution in [3.05, 3.63) is 0 Å². The number of ether oxygens (including phenoxy) is 1. The highest BCUT2D eigenvalue weighted by Crippen LogP contribution is 2.31. The molecule has 21 heavy (non-hydrogen) atoms.